The van der Waals surface area contributed by atoms with E-state index in [0.29, 0.717) is 28.7 Å². The van der Waals surface area contributed by atoms with Crippen LogP contribution in [-0.4, -0.2) is 41.7 Å². The van der Waals surface area contributed by atoms with Crippen LogP contribution in [0.4, 0.5) is 0 Å². The van der Waals surface area contributed by atoms with Gasteiger partial charge >= 0.3 is 0 Å². The average molecular weight is 425 g/mol. The summed E-state index contributed by atoms with van der Waals surface area (Å²) in [5.41, 5.74) is 1.60. The van der Waals surface area contributed by atoms with Gasteiger partial charge in [0.1, 0.15) is 9.88 Å². The zero-order chi connectivity index (χ0) is 16.4. The van der Waals surface area contributed by atoms with Crippen LogP contribution in [0.15, 0.2) is 24.3 Å². The van der Waals surface area contributed by atoms with Crippen LogP contribution in [0.25, 0.3) is 10.6 Å². The number of nitrogens with zero attached hydrogens (tertiary/aromatic N) is 1. The zero-order valence-corrected chi connectivity index (χ0v) is 16.7. The Bertz CT molecular complexity index is 726. The van der Waals surface area contributed by atoms with E-state index < -0.39 is 6.10 Å². The number of halogens is 3. The summed E-state index contributed by atoms with van der Waals surface area (Å²) in [6.45, 7) is 3.58. The van der Waals surface area contributed by atoms with Crippen molar-refractivity contribution in [3.63, 3.8) is 0 Å². The van der Waals surface area contributed by atoms with Gasteiger partial charge in [-0.1, -0.05) is 23.7 Å². The summed E-state index contributed by atoms with van der Waals surface area (Å²) in [6.07, 6.45) is -0.403. The summed E-state index contributed by atoms with van der Waals surface area (Å²) in [6, 6.07) is 7.43. The van der Waals surface area contributed by atoms with Crippen molar-refractivity contribution in [3.05, 3.63) is 39.9 Å². The quantitative estimate of drug-likeness (QED) is 0.705. The molecule has 3 rings (SSSR count). The van der Waals surface area contributed by atoms with Crippen LogP contribution in [0.2, 0.25) is 5.02 Å². The minimum absolute atomic E-state index is 0. The van der Waals surface area contributed by atoms with Gasteiger partial charge in [0.05, 0.1) is 11.8 Å². The van der Waals surface area contributed by atoms with Gasteiger partial charge in [0, 0.05) is 36.1 Å². The summed E-state index contributed by atoms with van der Waals surface area (Å²) >= 11 is 7.36. The Morgan fingerprint density at radius 1 is 1.44 bits per heavy atom. The van der Waals surface area contributed by atoms with Gasteiger partial charge in [-0.25, -0.2) is 4.98 Å². The van der Waals surface area contributed by atoms with Gasteiger partial charge in [0.25, 0.3) is 5.91 Å². The van der Waals surface area contributed by atoms with E-state index in [1.807, 2.05) is 25.1 Å². The van der Waals surface area contributed by atoms with E-state index in [1.54, 1.807) is 6.07 Å². The predicted octanol–water partition coefficient (Wildman–Crippen LogP) is 2.93. The molecule has 2 heterocycles. The molecule has 2 aromatic rings. The molecule has 3 N–H and O–H groups in total. The van der Waals surface area contributed by atoms with Gasteiger partial charge in [-0.3, -0.25) is 4.79 Å². The summed E-state index contributed by atoms with van der Waals surface area (Å²) in [4.78, 5) is 17.4. The number of aliphatic hydroxyl groups excluding tert-OH is 1. The molecule has 9 heteroatoms. The number of thiazole rings is 1. The lowest BCUT2D eigenvalue weighted by molar-refractivity contribution is 0.0930. The zero-order valence-electron chi connectivity index (χ0n) is 13.5. The van der Waals surface area contributed by atoms with Gasteiger partial charge in [0.2, 0.25) is 0 Å². The third-order valence-corrected chi connectivity index (χ3v) is 5.34. The SMILES string of the molecule is Cc1nc(-c2cccc(Cl)c2)sc1C(=O)NCC1CNCC1O.Cl.Cl. The first-order chi connectivity index (χ1) is 11.0. The smallest absolute Gasteiger partial charge is 0.263 e. The van der Waals surface area contributed by atoms with E-state index in [2.05, 4.69) is 15.6 Å². The minimum Gasteiger partial charge on any atom is -0.391 e. The number of rotatable bonds is 4. The number of hydrogen-bond donors (Lipinski definition) is 3. The second kappa shape index (κ2) is 9.71. The minimum atomic E-state index is -0.403. The Balaban J connectivity index is 0.00000156. The molecule has 1 saturated heterocycles. The molecule has 5 nitrogen and oxygen atoms in total. The Morgan fingerprint density at radius 2 is 2.20 bits per heavy atom. The van der Waals surface area contributed by atoms with Crippen LogP contribution < -0.4 is 10.6 Å². The Kier molecular flexibility index (Phi) is 8.60. The molecule has 1 aliphatic heterocycles. The molecule has 1 aromatic carbocycles. The Hall–Kier alpha value is -0.890. The number of aromatic nitrogens is 1. The number of benzene rings is 1. The first-order valence-electron chi connectivity index (χ1n) is 7.45. The molecular formula is C16H20Cl3N3O2S. The van der Waals surface area contributed by atoms with E-state index in [4.69, 9.17) is 11.6 Å². The Morgan fingerprint density at radius 3 is 2.84 bits per heavy atom. The predicted molar refractivity (Wildman–Crippen MR) is 106 cm³/mol. The summed E-state index contributed by atoms with van der Waals surface area (Å²) in [5.74, 6) is -0.0908. The van der Waals surface area contributed by atoms with Gasteiger partial charge in [0.15, 0.2) is 0 Å². The van der Waals surface area contributed by atoms with Crippen molar-refractivity contribution in [2.45, 2.75) is 13.0 Å². The van der Waals surface area contributed by atoms with E-state index in [-0.39, 0.29) is 36.6 Å². The second-order valence-corrected chi connectivity index (χ2v) is 7.08. The van der Waals surface area contributed by atoms with Gasteiger partial charge in [-0.15, -0.1) is 36.2 Å². The fourth-order valence-corrected chi connectivity index (χ4v) is 3.75. The van der Waals surface area contributed by atoms with Crippen LogP contribution in [0.3, 0.4) is 0 Å². The standard InChI is InChI=1S/C16H18ClN3O2S.2ClH/c1-9-14(15(22)19-7-11-6-18-8-13(11)21)23-16(20-9)10-3-2-4-12(17)5-10;;/h2-5,11,13,18,21H,6-8H2,1H3,(H,19,22);2*1H. The number of β-amino-alcohol motifs (C(OH)–C–C–N with tert-alkyl or cyclic N) is 1. The maximum atomic E-state index is 12.4. The van der Waals surface area contributed by atoms with E-state index >= 15 is 0 Å². The maximum Gasteiger partial charge on any atom is 0.263 e. The van der Waals surface area contributed by atoms with Crippen molar-refractivity contribution in [2.75, 3.05) is 19.6 Å². The van der Waals surface area contributed by atoms with Crippen LogP contribution in [-0.2, 0) is 0 Å². The third kappa shape index (κ3) is 5.29. The van der Waals surface area contributed by atoms with Crippen LogP contribution in [0.5, 0.6) is 0 Å². The number of nitrogens with one attached hydrogen (secondary N) is 2. The normalized spacial score (nSPS) is 19.0. The number of aliphatic hydroxyl groups is 1. The lowest BCUT2D eigenvalue weighted by Gasteiger charge is -2.13. The van der Waals surface area contributed by atoms with Crippen LogP contribution in [0, 0.1) is 12.8 Å². The van der Waals surface area contributed by atoms with Crippen molar-refractivity contribution in [2.24, 2.45) is 5.92 Å². The lowest BCUT2D eigenvalue weighted by Crippen LogP contribution is -2.34. The highest BCUT2D eigenvalue weighted by Crippen LogP contribution is 2.29. The molecule has 0 spiro atoms. The van der Waals surface area contributed by atoms with E-state index in [1.165, 1.54) is 11.3 Å². The monoisotopic (exact) mass is 423 g/mol. The number of aryl methyl sites for hydroxylation is 1. The van der Waals surface area contributed by atoms with E-state index in [9.17, 15) is 9.90 Å². The molecule has 0 saturated carbocycles. The molecular weight excluding hydrogens is 405 g/mol. The summed E-state index contributed by atoms with van der Waals surface area (Å²) < 4.78 is 0. The van der Waals surface area contributed by atoms with Crippen LogP contribution in [0.1, 0.15) is 15.4 Å². The highest BCUT2D eigenvalue weighted by atomic mass is 35.5. The molecule has 25 heavy (non-hydrogen) atoms. The molecule has 1 amide bonds. The lowest BCUT2D eigenvalue weighted by atomic mass is 10.1. The topological polar surface area (TPSA) is 74.2 Å². The molecule has 0 aliphatic carbocycles. The highest BCUT2D eigenvalue weighted by Gasteiger charge is 2.26. The van der Waals surface area contributed by atoms with Crippen molar-refractivity contribution in [1.29, 1.82) is 0 Å². The molecule has 0 bridgehead atoms. The number of hydrogen-bond acceptors (Lipinski definition) is 5. The van der Waals surface area contributed by atoms with Crippen molar-refractivity contribution in [3.8, 4) is 10.6 Å². The molecule has 1 fully saturated rings. The first-order valence-corrected chi connectivity index (χ1v) is 8.64. The van der Waals surface area contributed by atoms with Gasteiger partial charge in [-0.05, 0) is 19.1 Å². The molecule has 0 radical (unpaired) electrons. The fraction of sp³-hybridized carbons (Fsp3) is 0.375. The van der Waals surface area contributed by atoms with Gasteiger partial charge < -0.3 is 15.7 Å². The molecule has 1 aromatic heterocycles. The largest absolute Gasteiger partial charge is 0.391 e. The number of amides is 1. The average Bonchev–Trinajstić information content (AvgIpc) is 3.11. The summed E-state index contributed by atoms with van der Waals surface area (Å²) in [7, 11) is 0. The van der Waals surface area contributed by atoms with Gasteiger partial charge in [-0.2, -0.15) is 0 Å². The second-order valence-electron chi connectivity index (χ2n) is 5.64. The number of carbonyl (C=O) groups excluding carboxylic acids is 1. The molecule has 2 unspecified atom stereocenters. The van der Waals surface area contributed by atoms with Crippen molar-refractivity contribution >= 4 is 53.7 Å². The Labute approximate surface area is 168 Å². The molecule has 1 aliphatic rings. The number of carbonyl (C=O) groups is 1. The third-order valence-electron chi connectivity index (χ3n) is 3.90. The van der Waals surface area contributed by atoms with Crippen molar-refractivity contribution < 1.29 is 9.90 Å². The molecule has 138 valence electrons. The van der Waals surface area contributed by atoms with Crippen LogP contribution >= 0.6 is 47.8 Å². The maximum absolute atomic E-state index is 12.4. The molecule has 2 atom stereocenters. The first kappa shape index (κ1) is 22.2. The van der Waals surface area contributed by atoms with E-state index in [0.717, 1.165) is 17.1 Å². The van der Waals surface area contributed by atoms with Crippen molar-refractivity contribution in [1.82, 2.24) is 15.6 Å². The summed E-state index contributed by atoms with van der Waals surface area (Å²) in [5, 5.41) is 17.2. The fourth-order valence-electron chi connectivity index (χ4n) is 2.58. The highest BCUT2D eigenvalue weighted by molar-refractivity contribution is 7.17.